The van der Waals surface area contributed by atoms with E-state index in [0.29, 0.717) is 12.3 Å². The van der Waals surface area contributed by atoms with Crippen LogP contribution in [-0.2, 0) is 11.3 Å². The molecule has 0 aliphatic carbocycles. The van der Waals surface area contributed by atoms with Crippen LogP contribution in [0.1, 0.15) is 19.4 Å². The monoisotopic (exact) mass is 336 g/mol. The summed E-state index contributed by atoms with van der Waals surface area (Å²) in [5.74, 6) is 0.494. The summed E-state index contributed by atoms with van der Waals surface area (Å²) >= 11 is 2.89. The topological polar surface area (TPSA) is 58.1 Å². The van der Waals surface area contributed by atoms with Gasteiger partial charge < -0.3 is 10.2 Å². The number of nitrogens with zero attached hydrogens (tertiary/aromatic N) is 3. The SMILES string of the molecule is CNc1nnc(SCC(=O)N(Cc2ccccc2)C(C)C)s1. The molecule has 22 heavy (non-hydrogen) atoms. The van der Waals surface area contributed by atoms with E-state index in [1.807, 2.05) is 49.1 Å². The van der Waals surface area contributed by atoms with E-state index in [-0.39, 0.29) is 11.9 Å². The van der Waals surface area contributed by atoms with Gasteiger partial charge in [0.2, 0.25) is 11.0 Å². The van der Waals surface area contributed by atoms with Gasteiger partial charge in [-0.05, 0) is 19.4 Å². The van der Waals surface area contributed by atoms with Crippen molar-refractivity contribution < 1.29 is 4.79 Å². The first kappa shape index (κ1) is 16.8. The first-order valence-corrected chi connectivity index (χ1v) is 8.88. The number of anilines is 1. The summed E-state index contributed by atoms with van der Waals surface area (Å²) in [7, 11) is 1.81. The number of thioether (sulfide) groups is 1. The fourth-order valence-corrected chi connectivity index (χ4v) is 3.51. The Morgan fingerprint density at radius 2 is 2.05 bits per heavy atom. The number of aromatic nitrogens is 2. The number of amides is 1. The molecular formula is C15H20N4OS2. The highest BCUT2D eigenvalue weighted by molar-refractivity contribution is 8.01. The molecule has 1 aromatic heterocycles. The lowest BCUT2D eigenvalue weighted by atomic mass is 10.2. The van der Waals surface area contributed by atoms with Gasteiger partial charge in [0.25, 0.3) is 0 Å². The molecule has 1 amide bonds. The van der Waals surface area contributed by atoms with Crippen molar-refractivity contribution in [2.75, 3.05) is 18.1 Å². The number of hydrogen-bond acceptors (Lipinski definition) is 6. The van der Waals surface area contributed by atoms with Crippen LogP contribution in [0.5, 0.6) is 0 Å². The second-order valence-corrected chi connectivity index (χ2v) is 7.21. The van der Waals surface area contributed by atoms with Crippen molar-refractivity contribution in [3.8, 4) is 0 Å². The van der Waals surface area contributed by atoms with Crippen LogP contribution >= 0.6 is 23.1 Å². The highest BCUT2D eigenvalue weighted by Crippen LogP contribution is 2.25. The lowest BCUT2D eigenvalue weighted by Gasteiger charge is -2.26. The number of rotatable bonds is 7. The van der Waals surface area contributed by atoms with Gasteiger partial charge in [0, 0.05) is 19.6 Å². The fourth-order valence-electron chi connectivity index (χ4n) is 1.91. The average molecular weight is 336 g/mol. The van der Waals surface area contributed by atoms with Gasteiger partial charge in [0.1, 0.15) is 0 Å². The van der Waals surface area contributed by atoms with Crippen LogP contribution in [0, 0.1) is 0 Å². The molecule has 0 unspecified atom stereocenters. The van der Waals surface area contributed by atoms with Gasteiger partial charge in [-0.1, -0.05) is 53.4 Å². The summed E-state index contributed by atoms with van der Waals surface area (Å²) in [6, 6.07) is 10.2. The summed E-state index contributed by atoms with van der Waals surface area (Å²) in [6.07, 6.45) is 0. The second kappa shape index (κ2) is 8.14. The van der Waals surface area contributed by atoms with Gasteiger partial charge in [0.15, 0.2) is 4.34 Å². The molecule has 1 heterocycles. The minimum atomic E-state index is 0.116. The van der Waals surface area contributed by atoms with Crippen molar-refractivity contribution in [3.05, 3.63) is 35.9 Å². The molecule has 1 N–H and O–H groups in total. The molecule has 0 aliphatic heterocycles. The Kier molecular flexibility index (Phi) is 6.21. The number of benzene rings is 1. The molecule has 0 bridgehead atoms. The van der Waals surface area contributed by atoms with Crippen LogP contribution in [0.15, 0.2) is 34.7 Å². The van der Waals surface area contributed by atoms with Crippen molar-refractivity contribution in [3.63, 3.8) is 0 Å². The smallest absolute Gasteiger partial charge is 0.233 e. The lowest BCUT2D eigenvalue weighted by Crippen LogP contribution is -2.37. The zero-order valence-corrected chi connectivity index (χ0v) is 14.6. The molecule has 0 aliphatic rings. The minimum Gasteiger partial charge on any atom is -0.363 e. The van der Waals surface area contributed by atoms with Crippen molar-refractivity contribution in [2.45, 2.75) is 30.8 Å². The van der Waals surface area contributed by atoms with E-state index in [4.69, 9.17) is 0 Å². The number of carbonyl (C=O) groups is 1. The van der Waals surface area contributed by atoms with Crippen molar-refractivity contribution >= 4 is 34.1 Å². The normalized spacial score (nSPS) is 10.7. The van der Waals surface area contributed by atoms with Gasteiger partial charge in [-0.3, -0.25) is 4.79 Å². The van der Waals surface area contributed by atoms with Crippen molar-refractivity contribution in [1.82, 2.24) is 15.1 Å². The van der Waals surface area contributed by atoms with Gasteiger partial charge >= 0.3 is 0 Å². The fraction of sp³-hybridized carbons (Fsp3) is 0.400. The molecule has 5 nitrogen and oxygen atoms in total. The molecule has 118 valence electrons. The Morgan fingerprint density at radius 1 is 1.32 bits per heavy atom. The predicted octanol–water partition coefficient (Wildman–Crippen LogP) is 3.11. The highest BCUT2D eigenvalue weighted by Gasteiger charge is 2.18. The largest absolute Gasteiger partial charge is 0.363 e. The molecule has 2 rings (SSSR count). The Bertz CT molecular complexity index is 601. The zero-order valence-electron chi connectivity index (χ0n) is 12.9. The van der Waals surface area contributed by atoms with Gasteiger partial charge in [-0.2, -0.15) is 0 Å². The molecule has 2 aromatic rings. The Hall–Kier alpha value is -1.60. The third-order valence-corrected chi connectivity index (χ3v) is 5.14. The summed E-state index contributed by atoms with van der Waals surface area (Å²) in [5, 5.41) is 11.7. The maximum atomic E-state index is 12.5. The number of carbonyl (C=O) groups excluding carboxylic acids is 1. The van der Waals surface area contributed by atoms with Crippen LogP contribution in [0.3, 0.4) is 0 Å². The molecular weight excluding hydrogens is 316 g/mol. The zero-order chi connectivity index (χ0) is 15.9. The van der Waals surface area contributed by atoms with Crippen LogP contribution < -0.4 is 5.32 Å². The maximum absolute atomic E-state index is 12.5. The van der Waals surface area contributed by atoms with E-state index in [0.717, 1.165) is 15.0 Å². The summed E-state index contributed by atoms with van der Waals surface area (Å²) < 4.78 is 0.807. The Labute approximate surface area is 139 Å². The molecule has 0 radical (unpaired) electrons. The quantitative estimate of drug-likeness (QED) is 0.787. The van der Waals surface area contributed by atoms with E-state index < -0.39 is 0 Å². The molecule has 0 atom stereocenters. The standard InChI is InChI=1S/C15H20N4OS2/c1-11(2)19(9-12-7-5-4-6-8-12)13(20)10-21-15-18-17-14(16-3)22-15/h4-8,11H,9-10H2,1-3H3,(H,16,17). The third-order valence-electron chi connectivity index (χ3n) is 3.08. The number of hydrogen-bond donors (Lipinski definition) is 1. The van der Waals surface area contributed by atoms with E-state index in [9.17, 15) is 4.79 Å². The molecule has 0 fully saturated rings. The highest BCUT2D eigenvalue weighted by atomic mass is 32.2. The second-order valence-electron chi connectivity index (χ2n) is 5.01. The van der Waals surface area contributed by atoms with Crippen LogP contribution in [0.4, 0.5) is 5.13 Å². The molecule has 0 saturated heterocycles. The lowest BCUT2D eigenvalue weighted by molar-refractivity contribution is -0.130. The third kappa shape index (κ3) is 4.71. The first-order chi connectivity index (χ1) is 10.6. The Balaban J connectivity index is 1.94. The van der Waals surface area contributed by atoms with Crippen molar-refractivity contribution in [1.29, 1.82) is 0 Å². The molecule has 7 heteroatoms. The van der Waals surface area contributed by atoms with Crippen LogP contribution in [-0.4, -0.2) is 39.8 Å². The summed E-state index contributed by atoms with van der Waals surface area (Å²) in [4.78, 5) is 14.4. The molecule has 1 aromatic carbocycles. The van der Waals surface area contributed by atoms with E-state index in [1.165, 1.54) is 23.1 Å². The predicted molar refractivity (Wildman–Crippen MR) is 92.3 cm³/mol. The first-order valence-electron chi connectivity index (χ1n) is 7.07. The molecule has 0 saturated carbocycles. The maximum Gasteiger partial charge on any atom is 0.233 e. The minimum absolute atomic E-state index is 0.116. The van der Waals surface area contributed by atoms with E-state index in [1.54, 1.807) is 7.05 Å². The van der Waals surface area contributed by atoms with Gasteiger partial charge in [-0.15, -0.1) is 10.2 Å². The summed E-state index contributed by atoms with van der Waals surface area (Å²) in [6.45, 7) is 4.71. The van der Waals surface area contributed by atoms with Crippen LogP contribution in [0.2, 0.25) is 0 Å². The number of nitrogens with one attached hydrogen (secondary N) is 1. The van der Waals surface area contributed by atoms with Gasteiger partial charge in [0.05, 0.1) is 5.75 Å². The van der Waals surface area contributed by atoms with E-state index >= 15 is 0 Å². The average Bonchev–Trinajstić information content (AvgIpc) is 2.99. The van der Waals surface area contributed by atoms with Crippen molar-refractivity contribution in [2.24, 2.45) is 0 Å². The van der Waals surface area contributed by atoms with Crippen LogP contribution in [0.25, 0.3) is 0 Å². The Morgan fingerprint density at radius 3 is 2.64 bits per heavy atom. The molecule has 0 spiro atoms. The summed E-state index contributed by atoms with van der Waals surface area (Å²) in [5.41, 5.74) is 1.14. The van der Waals surface area contributed by atoms with Gasteiger partial charge in [-0.25, -0.2) is 0 Å². The van der Waals surface area contributed by atoms with E-state index in [2.05, 4.69) is 15.5 Å².